The van der Waals surface area contributed by atoms with E-state index in [0.717, 1.165) is 15.4 Å². The van der Waals surface area contributed by atoms with Crippen molar-refractivity contribution in [2.24, 2.45) is 0 Å². The number of hydrogen-bond acceptors (Lipinski definition) is 3. The number of sulfonamides is 1. The fourth-order valence-corrected chi connectivity index (χ4v) is 3.62. The van der Waals surface area contributed by atoms with Crippen molar-refractivity contribution in [3.8, 4) is 0 Å². The van der Waals surface area contributed by atoms with Gasteiger partial charge in [-0.05, 0) is 11.1 Å². The lowest BCUT2D eigenvalue weighted by molar-refractivity contribution is -0.141. The Balaban J connectivity index is 2.43. The van der Waals surface area contributed by atoms with Crippen LogP contribution < -0.4 is 0 Å². The van der Waals surface area contributed by atoms with Gasteiger partial charge in [-0.2, -0.15) is 4.31 Å². The maximum atomic E-state index is 12.1. The SMILES string of the molecule is C=CCS(=O)(=O)N1Cc2ccccc2CC1C(=O)O. The molecule has 19 heavy (non-hydrogen) atoms. The van der Waals surface area contributed by atoms with Crippen LogP contribution in [0, 0.1) is 0 Å². The number of nitrogens with zero attached hydrogens (tertiary/aromatic N) is 1. The van der Waals surface area contributed by atoms with Crippen LogP contribution in [0.2, 0.25) is 0 Å². The Morgan fingerprint density at radius 2 is 2.05 bits per heavy atom. The van der Waals surface area contributed by atoms with E-state index in [4.69, 9.17) is 0 Å². The lowest BCUT2D eigenvalue weighted by Crippen LogP contribution is -2.49. The minimum Gasteiger partial charge on any atom is -0.480 e. The highest BCUT2D eigenvalue weighted by molar-refractivity contribution is 7.89. The van der Waals surface area contributed by atoms with Crippen molar-refractivity contribution >= 4 is 16.0 Å². The summed E-state index contributed by atoms with van der Waals surface area (Å²) in [5, 5.41) is 9.23. The van der Waals surface area contributed by atoms with Crippen LogP contribution in [0.25, 0.3) is 0 Å². The molecule has 0 radical (unpaired) electrons. The summed E-state index contributed by atoms with van der Waals surface area (Å²) in [6, 6.07) is 6.26. The smallest absolute Gasteiger partial charge is 0.322 e. The van der Waals surface area contributed by atoms with Crippen molar-refractivity contribution in [2.45, 2.75) is 19.0 Å². The second-order valence-electron chi connectivity index (χ2n) is 4.44. The predicted molar refractivity (Wildman–Crippen MR) is 71.1 cm³/mol. The van der Waals surface area contributed by atoms with Crippen molar-refractivity contribution in [2.75, 3.05) is 5.75 Å². The van der Waals surface area contributed by atoms with E-state index >= 15 is 0 Å². The molecule has 6 heteroatoms. The van der Waals surface area contributed by atoms with Gasteiger partial charge in [0.1, 0.15) is 6.04 Å². The molecule has 0 amide bonds. The first-order valence-corrected chi connectivity index (χ1v) is 7.46. The number of rotatable bonds is 4. The molecule has 1 unspecified atom stereocenters. The maximum Gasteiger partial charge on any atom is 0.322 e. The van der Waals surface area contributed by atoms with Crippen molar-refractivity contribution in [3.05, 3.63) is 48.0 Å². The molecule has 0 aliphatic carbocycles. The number of carboxylic acid groups (broad SMARTS) is 1. The van der Waals surface area contributed by atoms with Crippen molar-refractivity contribution < 1.29 is 18.3 Å². The van der Waals surface area contributed by atoms with E-state index in [2.05, 4.69) is 6.58 Å². The number of hydrogen-bond donors (Lipinski definition) is 1. The highest BCUT2D eigenvalue weighted by Gasteiger charge is 2.37. The van der Waals surface area contributed by atoms with Crippen molar-refractivity contribution in [1.29, 1.82) is 0 Å². The average molecular weight is 281 g/mol. The lowest BCUT2D eigenvalue weighted by Gasteiger charge is -2.33. The first kappa shape index (κ1) is 13.8. The highest BCUT2D eigenvalue weighted by Crippen LogP contribution is 2.26. The van der Waals surface area contributed by atoms with Gasteiger partial charge < -0.3 is 5.11 Å². The summed E-state index contributed by atoms with van der Waals surface area (Å²) in [4.78, 5) is 11.3. The summed E-state index contributed by atoms with van der Waals surface area (Å²) in [5.41, 5.74) is 1.74. The second kappa shape index (κ2) is 5.14. The number of aliphatic carboxylic acids is 1. The van der Waals surface area contributed by atoms with Gasteiger partial charge in [0.2, 0.25) is 10.0 Å². The van der Waals surface area contributed by atoms with Crippen LogP contribution in [-0.2, 0) is 27.8 Å². The van der Waals surface area contributed by atoms with E-state index in [0.29, 0.717) is 0 Å². The molecule has 1 aromatic carbocycles. The normalized spacial score (nSPS) is 19.7. The number of carboxylic acids is 1. The molecule has 1 aliphatic heterocycles. The molecule has 5 nitrogen and oxygen atoms in total. The molecule has 0 fully saturated rings. The van der Waals surface area contributed by atoms with Crippen LogP contribution in [0.3, 0.4) is 0 Å². The largest absolute Gasteiger partial charge is 0.480 e. The second-order valence-corrected chi connectivity index (χ2v) is 6.41. The Morgan fingerprint density at radius 3 is 2.63 bits per heavy atom. The average Bonchev–Trinajstić information content (AvgIpc) is 2.37. The van der Waals surface area contributed by atoms with Crippen LogP contribution in [0.15, 0.2) is 36.9 Å². The number of benzene rings is 1. The van der Waals surface area contributed by atoms with Gasteiger partial charge in [-0.15, -0.1) is 6.58 Å². The van der Waals surface area contributed by atoms with Crippen LogP contribution in [0.1, 0.15) is 11.1 Å². The monoisotopic (exact) mass is 281 g/mol. The quantitative estimate of drug-likeness (QED) is 0.836. The first-order chi connectivity index (χ1) is 8.95. The summed E-state index contributed by atoms with van der Waals surface area (Å²) >= 11 is 0. The van der Waals surface area contributed by atoms with Gasteiger partial charge in [-0.25, -0.2) is 8.42 Å². The summed E-state index contributed by atoms with van der Waals surface area (Å²) in [6.45, 7) is 3.50. The Labute approximate surface area is 112 Å². The van der Waals surface area contributed by atoms with Crippen molar-refractivity contribution in [3.63, 3.8) is 0 Å². The molecule has 0 saturated carbocycles. The van der Waals surface area contributed by atoms with Gasteiger partial charge in [0.15, 0.2) is 0 Å². The van der Waals surface area contributed by atoms with E-state index in [1.165, 1.54) is 6.08 Å². The minimum atomic E-state index is -3.64. The zero-order valence-corrected chi connectivity index (χ0v) is 11.1. The Bertz CT molecular complexity index is 609. The van der Waals surface area contributed by atoms with E-state index in [-0.39, 0.29) is 18.7 Å². The zero-order valence-electron chi connectivity index (χ0n) is 10.3. The Morgan fingerprint density at radius 1 is 1.42 bits per heavy atom. The fourth-order valence-electron chi connectivity index (χ4n) is 2.25. The molecule has 0 saturated heterocycles. The van der Waals surface area contributed by atoms with Gasteiger partial charge in [-0.3, -0.25) is 4.79 Å². The molecule has 1 aromatic rings. The molecular weight excluding hydrogens is 266 g/mol. The number of carbonyl (C=O) groups is 1. The standard InChI is InChI=1S/C13H15NO4S/c1-2-7-19(17,18)14-9-11-6-4-3-5-10(11)8-12(14)13(15)16/h2-6,12H,1,7-9H2,(H,15,16). The maximum absolute atomic E-state index is 12.1. The predicted octanol–water partition coefficient (Wildman–Crippen LogP) is 1.01. The molecule has 1 atom stereocenters. The Kier molecular flexibility index (Phi) is 3.73. The topological polar surface area (TPSA) is 74.7 Å². The third kappa shape index (κ3) is 2.69. The van der Waals surface area contributed by atoms with Gasteiger partial charge in [0, 0.05) is 13.0 Å². The van der Waals surface area contributed by atoms with Gasteiger partial charge in [-0.1, -0.05) is 30.3 Å². The van der Waals surface area contributed by atoms with Crippen molar-refractivity contribution in [1.82, 2.24) is 4.31 Å². The highest BCUT2D eigenvalue weighted by atomic mass is 32.2. The molecule has 102 valence electrons. The first-order valence-electron chi connectivity index (χ1n) is 5.85. The van der Waals surface area contributed by atoms with Crippen LogP contribution in [-0.4, -0.2) is 35.6 Å². The lowest BCUT2D eigenvalue weighted by atomic mass is 9.96. The zero-order chi connectivity index (χ0) is 14.0. The van der Waals surface area contributed by atoms with Gasteiger partial charge >= 0.3 is 5.97 Å². The number of fused-ring (bicyclic) bond motifs is 1. The van der Waals surface area contributed by atoms with Crippen LogP contribution in [0.5, 0.6) is 0 Å². The summed E-state index contributed by atoms with van der Waals surface area (Å²) in [7, 11) is -3.64. The molecule has 0 spiro atoms. The van der Waals surface area contributed by atoms with Crippen LogP contribution in [0.4, 0.5) is 0 Å². The molecule has 2 rings (SSSR count). The molecule has 1 N–H and O–H groups in total. The van der Waals surface area contributed by atoms with Gasteiger partial charge in [0.25, 0.3) is 0 Å². The molecular formula is C13H15NO4S. The van der Waals surface area contributed by atoms with E-state index < -0.39 is 22.0 Å². The van der Waals surface area contributed by atoms with Crippen LogP contribution >= 0.6 is 0 Å². The molecule has 0 aromatic heterocycles. The summed E-state index contributed by atoms with van der Waals surface area (Å²) in [6.07, 6.45) is 1.47. The van der Waals surface area contributed by atoms with E-state index in [1.54, 1.807) is 0 Å². The molecule has 1 aliphatic rings. The molecule has 1 heterocycles. The summed E-state index contributed by atoms with van der Waals surface area (Å²) in [5.74, 6) is -1.37. The molecule has 0 bridgehead atoms. The van der Waals surface area contributed by atoms with E-state index in [1.807, 2.05) is 24.3 Å². The fraction of sp³-hybridized carbons (Fsp3) is 0.308. The Hall–Kier alpha value is -1.66. The third-order valence-corrected chi connectivity index (χ3v) is 4.93. The minimum absolute atomic E-state index is 0.101. The van der Waals surface area contributed by atoms with E-state index in [9.17, 15) is 18.3 Å². The third-order valence-electron chi connectivity index (χ3n) is 3.18. The van der Waals surface area contributed by atoms with Gasteiger partial charge in [0.05, 0.1) is 5.75 Å². The summed E-state index contributed by atoms with van der Waals surface area (Å²) < 4.78 is 25.3.